The van der Waals surface area contributed by atoms with Gasteiger partial charge in [-0.2, -0.15) is 0 Å². The fraction of sp³-hybridized carbons (Fsp3) is 0.125. The van der Waals surface area contributed by atoms with Gasteiger partial charge in [-0.25, -0.2) is 9.59 Å². The van der Waals surface area contributed by atoms with Crippen LogP contribution in [0.4, 0.5) is 10.5 Å². The van der Waals surface area contributed by atoms with Crippen molar-refractivity contribution in [1.29, 1.82) is 0 Å². The lowest BCUT2D eigenvalue weighted by Gasteiger charge is -2.09. The van der Waals surface area contributed by atoms with Crippen molar-refractivity contribution in [1.82, 2.24) is 0 Å². The molecule has 2 rings (SSSR count). The summed E-state index contributed by atoms with van der Waals surface area (Å²) in [4.78, 5) is 22.7. The maximum atomic E-state index is 11.8. The average molecular weight is 301 g/mol. The van der Waals surface area contributed by atoms with E-state index in [1.165, 1.54) is 12.1 Å². The number of carbonyl (C=O) groups excluding carboxylic acids is 1. The molecule has 0 aliphatic heterocycles. The summed E-state index contributed by atoms with van der Waals surface area (Å²) in [7, 11) is 0. The standard InChI is InChI=1S/C16H15NO5/c1-9-5-10(2)7-12(6-9)22-16(21)17-11-3-4-14(18)13(8-11)15(19)20/h3-8,18H,1-2H3,(H,17,21)(H,19,20). The molecule has 0 atom stereocenters. The van der Waals surface area contributed by atoms with Crippen molar-refractivity contribution in [3.05, 3.63) is 53.1 Å². The van der Waals surface area contributed by atoms with Gasteiger partial charge in [-0.15, -0.1) is 0 Å². The molecule has 0 saturated heterocycles. The van der Waals surface area contributed by atoms with Crippen LogP contribution in [0.2, 0.25) is 0 Å². The fourth-order valence-corrected chi connectivity index (χ4v) is 2.03. The molecule has 0 saturated carbocycles. The smallest absolute Gasteiger partial charge is 0.417 e. The molecule has 22 heavy (non-hydrogen) atoms. The van der Waals surface area contributed by atoms with Crippen LogP contribution in [0, 0.1) is 13.8 Å². The third-order valence-corrected chi connectivity index (χ3v) is 2.88. The molecule has 1 amide bonds. The number of carbonyl (C=O) groups is 2. The Morgan fingerprint density at radius 3 is 2.27 bits per heavy atom. The van der Waals surface area contributed by atoms with Crippen molar-refractivity contribution in [3.63, 3.8) is 0 Å². The maximum Gasteiger partial charge on any atom is 0.417 e. The summed E-state index contributed by atoms with van der Waals surface area (Å²) in [5, 5.41) is 20.7. The number of hydrogen-bond acceptors (Lipinski definition) is 4. The van der Waals surface area contributed by atoms with Crippen LogP contribution < -0.4 is 10.1 Å². The van der Waals surface area contributed by atoms with E-state index in [-0.39, 0.29) is 17.0 Å². The van der Waals surface area contributed by atoms with Crippen LogP contribution in [-0.2, 0) is 0 Å². The molecule has 2 aromatic carbocycles. The Kier molecular flexibility index (Phi) is 4.31. The minimum absolute atomic E-state index is 0.213. The molecular formula is C16H15NO5. The minimum atomic E-state index is -1.29. The third kappa shape index (κ3) is 3.76. The van der Waals surface area contributed by atoms with Crippen molar-refractivity contribution in [2.24, 2.45) is 0 Å². The lowest BCUT2D eigenvalue weighted by atomic mass is 10.1. The summed E-state index contributed by atoms with van der Waals surface area (Å²) >= 11 is 0. The Balaban J connectivity index is 2.12. The summed E-state index contributed by atoms with van der Waals surface area (Å²) in [5.74, 6) is -1.27. The summed E-state index contributed by atoms with van der Waals surface area (Å²) in [6.45, 7) is 3.77. The Morgan fingerprint density at radius 1 is 1.05 bits per heavy atom. The maximum absolute atomic E-state index is 11.8. The third-order valence-electron chi connectivity index (χ3n) is 2.88. The molecule has 0 radical (unpaired) electrons. The molecule has 114 valence electrons. The quantitative estimate of drug-likeness (QED) is 0.756. The highest BCUT2D eigenvalue weighted by atomic mass is 16.6. The monoisotopic (exact) mass is 301 g/mol. The number of hydrogen-bond donors (Lipinski definition) is 3. The summed E-state index contributed by atoms with van der Waals surface area (Å²) in [5.41, 5.74) is 1.83. The SMILES string of the molecule is Cc1cc(C)cc(OC(=O)Nc2ccc(O)c(C(=O)O)c2)c1. The number of rotatable bonds is 3. The van der Waals surface area contributed by atoms with Crippen LogP contribution in [0.15, 0.2) is 36.4 Å². The van der Waals surface area contributed by atoms with Crippen molar-refractivity contribution in [2.45, 2.75) is 13.8 Å². The highest BCUT2D eigenvalue weighted by Crippen LogP contribution is 2.22. The van der Waals surface area contributed by atoms with Gasteiger partial charge in [-0.1, -0.05) is 6.07 Å². The normalized spacial score (nSPS) is 10.1. The van der Waals surface area contributed by atoms with E-state index in [9.17, 15) is 14.7 Å². The first-order valence-corrected chi connectivity index (χ1v) is 6.48. The highest BCUT2D eigenvalue weighted by molar-refractivity contribution is 5.94. The lowest BCUT2D eigenvalue weighted by Crippen LogP contribution is -2.17. The molecular weight excluding hydrogens is 286 g/mol. The van der Waals surface area contributed by atoms with Gasteiger partial charge in [0, 0.05) is 5.69 Å². The van der Waals surface area contributed by atoms with Crippen LogP contribution in [-0.4, -0.2) is 22.3 Å². The second-order valence-electron chi connectivity index (χ2n) is 4.88. The van der Waals surface area contributed by atoms with Gasteiger partial charge in [0.2, 0.25) is 0 Å². The first-order valence-electron chi connectivity index (χ1n) is 6.48. The second-order valence-corrected chi connectivity index (χ2v) is 4.88. The number of ether oxygens (including phenoxy) is 1. The molecule has 2 aromatic rings. The predicted octanol–water partition coefficient (Wildman–Crippen LogP) is 3.32. The number of aryl methyl sites for hydroxylation is 2. The fourth-order valence-electron chi connectivity index (χ4n) is 2.03. The zero-order valence-electron chi connectivity index (χ0n) is 12.1. The minimum Gasteiger partial charge on any atom is -0.507 e. The van der Waals surface area contributed by atoms with Crippen LogP contribution >= 0.6 is 0 Å². The topological polar surface area (TPSA) is 95.9 Å². The number of carboxylic acid groups (broad SMARTS) is 1. The van der Waals surface area contributed by atoms with E-state index >= 15 is 0 Å². The molecule has 3 N–H and O–H groups in total. The molecule has 0 spiro atoms. The van der Waals surface area contributed by atoms with E-state index in [0.717, 1.165) is 17.2 Å². The van der Waals surface area contributed by atoms with Crippen molar-refractivity contribution in [2.75, 3.05) is 5.32 Å². The van der Waals surface area contributed by atoms with E-state index in [0.29, 0.717) is 5.75 Å². The Hall–Kier alpha value is -3.02. The number of anilines is 1. The Morgan fingerprint density at radius 2 is 1.68 bits per heavy atom. The van der Waals surface area contributed by atoms with E-state index in [1.54, 1.807) is 12.1 Å². The number of aromatic hydroxyl groups is 1. The van der Waals surface area contributed by atoms with Gasteiger partial charge >= 0.3 is 12.1 Å². The van der Waals surface area contributed by atoms with Gasteiger partial charge in [0.25, 0.3) is 0 Å². The Labute approximate surface area is 127 Å². The van der Waals surface area contributed by atoms with Gasteiger partial charge in [0.05, 0.1) is 0 Å². The molecule has 0 aliphatic rings. The zero-order valence-corrected chi connectivity index (χ0v) is 12.1. The number of carboxylic acids is 1. The van der Waals surface area contributed by atoms with E-state index in [2.05, 4.69) is 5.32 Å². The van der Waals surface area contributed by atoms with Crippen molar-refractivity contribution in [3.8, 4) is 11.5 Å². The second kappa shape index (κ2) is 6.17. The van der Waals surface area contributed by atoms with Gasteiger partial charge in [0.1, 0.15) is 17.1 Å². The number of phenols is 1. The molecule has 6 nitrogen and oxygen atoms in total. The van der Waals surface area contributed by atoms with Crippen LogP contribution in [0.25, 0.3) is 0 Å². The predicted molar refractivity (Wildman–Crippen MR) is 80.6 cm³/mol. The van der Waals surface area contributed by atoms with E-state index in [4.69, 9.17) is 9.84 Å². The van der Waals surface area contributed by atoms with E-state index < -0.39 is 12.1 Å². The first kappa shape index (κ1) is 15.4. The molecule has 0 unspecified atom stereocenters. The molecule has 0 aromatic heterocycles. The van der Waals surface area contributed by atoms with Crippen LogP contribution in [0.5, 0.6) is 11.5 Å². The summed E-state index contributed by atoms with van der Waals surface area (Å²) < 4.78 is 5.15. The number of aromatic carboxylic acids is 1. The largest absolute Gasteiger partial charge is 0.507 e. The van der Waals surface area contributed by atoms with Gasteiger partial charge in [0.15, 0.2) is 0 Å². The van der Waals surface area contributed by atoms with Crippen molar-refractivity contribution >= 4 is 17.7 Å². The van der Waals surface area contributed by atoms with Gasteiger partial charge < -0.3 is 14.9 Å². The zero-order chi connectivity index (χ0) is 16.3. The van der Waals surface area contributed by atoms with Crippen LogP contribution in [0.3, 0.4) is 0 Å². The average Bonchev–Trinajstić information content (AvgIpc) is 2.39. The first-order chi connectivity index (χ1) is 10.3. The Bertz CT molecular complexity index is 719. The molecule has 0 fully saturated rings. The summed E-state index contributed by atoms with van der Waals surface area (Å²) in [6.07, 6.45) is -0.743. The van der Waals surface area contributed by atoms with Gasteiger partial charge in [-0.05, 0) is 55.3 Å². The molecule has 0 heterocycles. The van der Waals surface area contributed by atoms with E-state index in [1.807, 2.05) is 19.9 Å². The highest BCUT2D eigenvalue weighted by Gasteiger charge is 2.12. The van der Waals surface area contributed by atoms with Gasteiger partial charge in [-0.3, -0.25) is 5.32 Å². The number of nitrogens with one attached hydrogen (secondary N) is 1. The number of benzene rings is 2. The van der Waals surface area contributed by atoms with Crippen LogP contribution in [0.1, 0.15) is 21.5 Å². The molecule has 0 aliphatic carbocycles. The lowest BCUT2D eigenvalue weighted by molar-refractivity contribution is 0.0693. The summed E-state index contributed by atoms with van der Waals surface area (Å²) in [6, 6.07) is 9.10. The molecule has 0 bridgehead atoms. The number of amides is 1. The van der Waals surface area contributed by atoms with Crippen molar-refractivity contribution < 1.29 is 24.5 Å². The molecule has 6 heteroatoms.